The molecule has 0 saturated carbocycles. The zero-order valence-corrected chi connectivity index (χ0v) is 21.9. The second kappa shape index (κ2) is 12.0. The molecule has 3 rings (SSSR count). The van der Waals surface area contributed by atoms with Crippen molar-refractivity contribution < 1.29 is 36.9 Å². The Bertz CT molecular complexity index is 1200. The highest BCUT2D eigenvalue weighted by Gasteiger charge is 2.27. The average Bonchev–Trinajstić information content (AvgIpc) is 2.89. The van der Waals surface area contributed by atoms with Crippen molar-refractivity contribution in [3.8, 4) is 28.7 Å². The lowest BCUT2D eigenvalue weighted by Gasteiger charge is -2.29. The number of methoxy groups -OCH3 is 5. The summed E-state index contributed by atoms with van der Waals surface area (Å²) in [5.74, 6) is 1.92. The fourth-order valence-electron chi connectivity index (χ4n) is 3.96. The van der Waals surface area contributed by atoms with E-state index in [4.69, 9.17) is 23.7 Å². The summed E-state index contributed by atoms with van der Waals surface area (Å²) >= 11 is 0. The Kier molecular flexibility index (Phi) is 9.05. The number of nitrogens with zero attached hydrogens (tertiary/aromatic N) is 1. The Morgan fingerprint density at radius 2 is 1.47 bits per heavy atom. The molecule has 0 aliphatic carbocycles. The predicted octanol–water partition coefficient (Wildman–Crippen LogP) is 2.25. The summed E-state index contributed by atoms with van der Waals surface area (Å²) in [5.41, 5.74) is 2.57. The van der Waals surface area contributed by atoms with Gasteiger partial charge in [-0.25, -0.2) is 8.42 Å². The van der Waals surface area contributed by atoms with E-state index in [-0.39, 0.29) is 18.8 Å². The maximum Gasteiger partial charge on any atom is 0.244 e. The molecule has 196 valence electrons. The second-order valence-electron chi connectivity index (χ2n) is 7.96. The number of hydrogen-bond acceptors (Lipinski definition) is 8. The normalized spacial score (nSPS) is 13.7. The lowest BCUT2D eigenvalue weighted by molar-refractivity contribution is -0.116. The van der Waals surface area contributed by atoms with Crippen LogP contribution in [0.4, 0.5) is 0 Å². The number of hydrogen-bond donors (Lipinski definition) is 1. The van der Waals surface area contributed by atoms with Crippen LogP contribution in [0.25, 0.3) is 6.08 Å². The van der Waals surface area contributed by atoms with Crippen molar-refractivity contribution in [2.24, 2.45) is 0 Å². The smallest absolute Gasteiger partial charge is 0.244 e. The van der Waals surface area contributed by atoms with Crippen molar-refractivity contribution in [1.29, 1.82) is 0 Å². The summed E-state index contributed by atoms with van der Waals surface area (Å²) in [5, 5.41) is 2.63. The highest BCUT2D eigenvalue weighted by atomic mass is 32.2. The van der Waals surface area contributed by atoms with Gasteiger partial charge in [-0.15, -0.1) is 0 Å². The molecule has 0 radical (unpaired) electrons. The Hall–Kier alpha value is -3.44. The summed E-state index contributed by atoms with van der Waals surface area (Å²) < 4.78 is 53.8. The molecule has 0 saturated heterocycles. The number of rotatable bonds is 11. The van der Waals surface area contributed by atoms with Crippen molar-refractivity contribution in [2.75, 3.05) is 54.4 Å². The third-order valence-electron chi connectivity index (χ3n) is 5.85. The predicted molar refractivity (Wildman–Crippen MR) is 136 cm³/mol. The van der Waals surface area contributed by atoms with E-state index < -0.39 is 15.9 Å². The highest BCUT2D eigenvalue weighted by Crippen LogP contribution is 2.38. The number of carbonyl (C=O) groups excluding carboxylic acids is 1. The molecule has 0 spiro atoms. The topological polar surface area (TPSA) is 113 Å². The molecule has 2 aromatic carbocycles. The van der Waals surface area contributed by atoms with Gasteiger partial charge in [-0.2, -0.15) is 4.31 Å². The first-order chi connectivity index (χ1) is 17.3. The summed E-state index contributed by atoms with van der Waals surface area (Å²) in [4.78, 5) is 12.3. The lowest BCUT2D eigenvalue weighted by atomic mass is 10.0. The molecule has 1 heterocycles. The van der Waals surface area contributed by atoms with Crippen LogP contribution in [0.2, 0.25) is 0 Å². The van der Waals surface area contributed by atoms with Gasteiger partial charge in [0.15, 0.2) is 23.0 Å². The van der Waals surface area contributed by atoms with E-state index in [1.807, 2.05) is 12.1 Å². The maximum atomic E-state index is 12.9. The maximum absolute atomic E-state index is 12.9. The minimum Gasteiger partial charge on any atom is -0.493 e. The van der Waals surface area contributed by atoms with Gasteiger partial charge in [0.05, 0.1) is 41.3 Å². The Morgan fingerprint density at radius 1 is 0.889 bits per heavy atom. The van der Waals surface area contributed by atoms with Crippen molar-refractivity contribution >= 4 is 22.0 Å². The first kappa shape index (κ1) is 27.2. The molecular weight excluding hydrogens is 488 g/mol. The van der Waals surface area contributed by atoms with E-state index >= 15 is 0 Å². The van der Waals surface area contributed by atoms with Gasteiger partial charge in [-0.3, -0.25) is 4.79 Å². The average molecular weight is 521 g/mol. The second-order valence-corrected chi connectivity index (χ2v) is 10.0. The molecule has 1 amide bonds. The molecule has 0 aromatic heterocycles. The number of amides is 1. The van der Waals surface area contributed by atoms with Gasteiger partial charge in [-0.05, 0) is 53.5 Å². The number of carbonyl (C=O) groups is 1. The molecule has 0 fully saturated rings. The monoisotopic (exact) mass is 520 g/mol. The number of fused-ring (bicyclic) bond motifs is 1. The van der Waals surface area contributed by atoms with E-state index in [2.05, 4.69) is 5.32 Å². The standard InChI is InChI=1S/C25H32N2O8S/c1-31-20-14-18-8-10-27(16-19(18)15-21(20)32-2)36(29,30)11-9-26-24(28)7-6-17-12-22(33-3)25(35-5)23(13-17)34-4/h6-7,12-15H,8-11,16H2,1-5H3,(H,26,28)/b7-6+. The summed E-state index contributed by atoms with van der Waals surface area (Å²) in [6.07, 6.45) is 3.47. The van der Waals surface area contributed by atoms with E-state index in [0.717, 1.165) is 11.1 Å². The first-order valence-corrected chi connectivity index (χ1v) is 12.8. The molecule has 11 heteroatoms. The van der Waals surface area contributed by atoms with Crippen molar-refractivity contribution in [1.82, 2.24) is 9.62 Å². The Morgan fingerprint density at radius 3 is 2.03 bits per heavy atom. The number of benzene rings is 2. The highest BCUT2D eigenvalue weighted by molar-refractivity contribution is 7.89. The number of sulfonamides is 1. The van der Waals surface area contributed by atoms with Gasteiger partial charge in [0, 0.05) is 25.7 Å². The molecule has 1 aliphatic heterocycles. The number of nitrogens with one attached hydrogen (secondary N) is 1. The quantitative estimate of drug-likeness (QED) is 0.449. The molecule has 1 N–H and O–H groups in total. The van der Waals surface area contributed by atoms with Crippen LogP contribution in [0.1, 0.15) is 16.7 Å². The zero-order valence-electron chi connectivity index (χ0n) is 21.1. The van der Waals surface area contributed by atoms with Crippen molar-refractivity contribution in [3.05, 3.63) is 47.0 Å². The lowest BCUT2D eigenvalue weighted by Crippen LogP contribution is -2.40. The van der Waals surface area contributed by atoms with Crippen molar-refractivity contribution in [3.63, 3.8) is 0 Å². The third-order valence-corrected chi connectivity index (χ3v) is 7.67. The van der Waals surface area contributed by atoms with Gasteiger partial charge in [0.25, 0.3) is 0 Å². The van der Waals surface area contributed by atoms with Crippen LogP contribution in [-0.4, -0.2) is 73.0 Å². The fourth-order valence-corrected chi connectivity index (χ4v) is 5.28. The molecule has 0 unspecified atom stereocenters. The molecule has 0 bridgehead atoms. The fraction of sp³-hybridized carbons (Fsp3) is 0.400. The Balaban J connectivity index is 1.59. The largest absolute Gasteiger partial charge is 0.493 e. The van der Waals surface area contributed by atoms with Crippen LogP contribution in [0, 0.1) is 0 Å². The van der Waals surface area contributed by atoms with Crippen LogP contribution in [0.15, 0.2) is 30.3 Å². The molecule has 2 aromatic rings. The molecule has 10 nitrogen and oxygen atoms in total. The minimum absolute atomic E-state index is 0.0178. The molecule has 1 aliphatic rings. The van der Waals surface area contributed by atoms with E-state index in [1.54, 1.807) is 32.4 Å². The van der Waals surface area contributed by atoms with Crippen LogP contribution in [-0.2, 0) is 27.8 Å². The van der Waals surface area contributed by atoms with Crippen LogP contribution in [0.5, 0.6) is 28.7 Å². The van der Waals surface area contributed by atoms with Gasteiger partial charge in [-0.1, -0.05) is 0 Å². The van der Waals surface area contributed by atoms with E-state index in [1.165, 1.54) is 31.7 Å². The van der Waals surface area contributed by atoms with Gasteiger partial charge in [0.2, 0.25) is 21.7 Å². The van der Waals surface area contributed by atoms with Gasteiger partial charge < -0.3 is 29.0 Å². The summed E-state index contributed by atoms with van der Waals surface area (Å²) in [6.45, 7) is 0.586. The van der Waals surface area contributed by atoms with Gasteiger partial charge in [0.1, 0.15) is 0 Å². The molecular formula is C25H32N2O8S. The van der Waals surface area contributed by atoms with E-state index in [0.29, 0.717) is 47.3 Å². The van der Waals surface area contributed by atoms with Crippen LogP contribution in [0.3, 0.4) is 0 Å². The molecule has 36 heavy (non-hydrogen) atoms. The number of ether oxygens (including phenoxy) is 5. The van der Waals surface area contributed by atoms with Gasteiger partial charge >= 0.3 is 0 Å². The zero-order chi connectivity index (χ0) is 26.3. The summed E-state index contributed by atoms with van der Waals surface area (Å²) in [6, 6.07) is 7.10. The van der Waals surface area contributed by atoms with E-state index in [9.17, 15) is 13.2 Å². The van der Waals surface area contributed by atoms with Crippen LogP contribution < -0.4 is 29.0 Å². The SMILES string of the molecule is COc1cc2c(cc1OC)CN(S(=O)(=O)CCNC(=O)/C=C/c1cc(OC)c(OC)c(OC)c1)CC2. The summed E-state index contributed by atoms with van der Waals surface area (Å²) in [7, 11) is 4.06. The first-order valence-electron chi connectivity index (χ1n) is 11.2. The Labute approximate surface area is 211 Å². The molecule has 0 atom stereocenters. The van der Waals surface area contributed by atoms with Crippen LogP contribution >= 0.6 is 0 Å². The van der Waals surface area contributed by atoms with Crippen molar-refractivity contribution in [2.45, 2.75) is 13.0 Å². The minimum atomic E-state index is -3.57. The third kappa shape index (κ3) is 6.21.